The number of carbonyl (C=O) groups is 1. The lowest BCUT2D eigenvalue weighted by Gasteiger charge is -2.37. The van der Waals surface area contributed by atoms with Crippen molar-refractivity contribution in [2.24, 2.45) is 16.6 Å². The van der Waals surface area contributed by atoms with Crippen LogP contribution in [-0.2, 0) is 0 Å². The Morgan fingerprint density at radius 3 is 2.65 bits per heavy atom. The van der Waals surface area contributed by atoms with Gasteiger partial charge in [-0.05, 0) is 12.8 Å². The maximum atomic E-state index is 11.5. The van der Waals surface area contributed by atoms with Crippen molar-refractivity contribution in [3.8, 4) is 0 Å². The molecule has 0 saturated carbocycles. The van der Waals surface area contributed by atoms with Crippen LogP contribution < -0.4 is 17.0 Å². The molecule has 1 heterocycles. The van der Waals surface area contributed by atoms with E-state index in [9.17, 15) is 4.79 Å². The van der Waals surface area contributed by atoms with Crippen molar-refractivity contribution in [1.29, 1.82) is 0 Å². The van der Waals surface area contributed by atoms with Crippen molar-refractivity contribution in [2.45, 2.75) is 18.9 Å². The predicted octanol–water partition coefficient (Wildman–Crippen LogP) is -0.576. The Kier molecular flexibility index (Phi) is 4.77. The summed E-state index contributed by atoms with van der Waals surface area (Å²) in [5.41, 5.74) is 7.63. The minimum atomic E-state index is -0.304. The van der Waals surface area contributed by atoms with Crippen molar-refractivity contribution in [3.63, 3.8) is 0 Å². The molecule has 96 valence electrons. The molecule has 0 aromatic carbocycles. The zero-order valence-electron chi connectivity index (χ0n) is 10.1. The van der Waals surface area contributed by atoms with E-state index in [1.54, 1.807) is 11.9 Å². The van der Waals surface area contributed by atoms with Gasteiger partial charge in [-0.1, -0.05) is 6.58 Å². The molecule has 1 rings (SSSR count). The zero-order valence-corrected chi connectivity index (χ0v) is 10.1. The molecule has 0 bridgehead atoms. The lowest BCUT2D eigenvalue weighted by atomic mass is 10.0. The van der Waals surface area contributed by atoms with E-state index >= 15 is 0 Å². The van der Waals surface area contributed by atoms with Crippen LogP contribution in [0.2, 0.25) is 0 Å². The van der Waals surface area contributed by atoms with Gasteiger partial charge in [0, 0.05) is 26.2 Å². The predicted molar refractivity (Wildman–Crippen MR) is 66.9 cm³/mol. The van der Waals surface area contributed by atoms with Gasteiger partial charge in [0.15, 0.2) is 0 Å². The highest BCUT2D eigenvalue weighted by atomic mass is 16.2. The fourth-order valence-corrected chi connectivity index (χ4v) is 1.93. The summed E-state index contributed by atoms with van der Waals surface area (Å²) in [5, 5.41) is 0. The number of urea groups is 1. The SMILES string of the molecule is C=C(NN)N1CCC(N(C)C(=O)/N=C/N)CC1. The van der Waals surface area contributed by atoms with Gasteiger partial charge in [0.05, 0.1) is 6.34 Å². The second kappa shape index (κ2) is 6.09. The molecular formula is C10H20N6O. The third kappa shape index (κ3) is 3.35. The number of nitrogens with zero attached hydrogens (tertiary/aromatic N) is 3. The van der Waals surface area contributed by atoms with Crippen molar-refractivity contribution in [2.75, 3.05) is 20.1 Å². The molecule has 7 heteroatoms. The second-order valence-electron chi connectivity index (χ2n) is 3.98. The molecule has 1 saturated heterocycles. The van der Waals surface area contributed by atoms with E-state index < -0.39 is 0 Å². The van der Waals surface area contributed by atoms with E-state index in [0.717, 1.165) is 32.3 Å². The van der Waals surface area contributed by atoms with Crippen LogP contribution >= 0.6 is 0 Å². The molecule has 0 aromatic heterocycles. The van der Waals surface area contributed by atoms with Crippen LogP contribution in [0.4, 0.5) is 4.79 Å². The number of rotatable bonds is 3. The molecular weight excluding hydrogens is 220 g/mol. The van der Waals surface area contributed by atoms with Crippen molar-refractivity contribution in [3.05, 3.63) is 12.4 Å². The third-order valence-corrected chi connectivity index (χ3v) is 3.05. The van der Waals surface area contributed by atoms with Crippen molar-refractivity contribution < 1.29 is 4.79 Å². The molecule has 1 aliphatic heterocycles. The Hall–Kier alpha value is -1.76. The molecule has 5 N–H and O–H groups in total. The summed E-state index contributed by atoms with van der Waals surface area (Å²) in [6.45, 7) is 5.43. The summed E-state index contributed by atoms with van der Waals surface area (Å²) in [4.78, 5) is 18.7. The Bertz CT molecular complexity index is 308. The fraction of sp³-hybridized carbons (Fsp3) is 0.600. The Morgan fingerprint density at radius 2 is 2.18 bits per heavy atom. The quantitative estimate of drug-likeness (QED) is 0.265. The number of piperidine rings is 1. The van der Waals surface area contributed by atoms with Gasteiger partial charge in [0.2, 0.25) is 0 Å². The Morgan fingerprint density at radius 1 is 1.59 bits per heavy atom. The molecule has 0 unspecified atom stereocenters. The van der Waals surface area contributed by atoms with Crippen molar-refractivity contribution in [1.82, 2.24) is 15.2 Å². The second-order valence-corrected chi connectivity index (χ2v) is 3.98. The lowest BCUT2D eigenvalue weighted by molar-refractivity contribution is 0.153. The lowest BCUT2D eigenvalue weighted by Crippen LogP contribution is -2.46. The van der Waals surface area contributed by atoms with E-state index in [1.165, 1.54) is 0 Å². The molecule has 1 fully saturated rings. The van der Waals surface area contributed by atoms with Crippen LogP contribution in [0.1, 0.15) is 12.8 Å². The normalized spacial score (nSPS) is 17.2. The van der Waals surface area contributed by atoms with E-state index in [0.29, 0.717) is 5.82 Å². The summed E-state index contributed by atoms with van der Waals surface area (Å²) in [7, 11) is 1.74. The standard InChI is InChI=1S/C10H20N6O/c1-8(14-12)16-5-3-9(4-6-16)15(2)10(17)13-7-11/h7,9,14H,1,3-6,12H2,2H3,(H2,11,13,17). The van der Waals surface area contributed by atoms with Gasteiger partial charge in [-0.15, -0.1) is 0 Å². The average molecular weight is 240 g/mol. The molecule has 17 heavy (non-hydrogen) atoms. The van der Waals surface area contributed by atoms with E-state index in [1.807, 2.05) is 0 Å². The van der Waals surface area contributed by atoms with Crippen LogP contribution in [-0.4, -0.2) is 48.3 Å². The van der Waals surface area contributed by atoms with E-state index in [4.69, 9.17) is 11.6 Å². The first-order valence-corrected chi connectivity index (χ1v) is 5.51. The van der Waals surface area contributed by atoms with Gasteiger partial charge in [0.1, 0.15) is 5.82 Å². The summed E-state index contributed by atoms with van der Waals surface area (Å²) in [6.07, 6.45) is 2.75. The molecule has 0 aliphatic carbocycles. The van der Waals surface area contributed by atoms with E-state index in [-0.39, 0.29) is 12.1 Å². The number of hydrogen-bond donors (Lipinski definition) is 3. The molecule has 0 radical (unpaired) electrons. The summed E-state index contributed by atoms with van der Waals surface area (Å²) < 4.78 is 0. The van der Waals surface area contributed by atoms with Crippen LogP contribution in [0.3, 0.4) is 0 Å². The van der Waals surface area contributed by atoms with Gasteiger partial charge in [0.25, 0.3) is 0 Å². The third-order valence-electron chi connectivity index (χ3n) is 3.05. The number of aliphatic imine (C=N–C) groups is 1. The minimum absolute atomic E-state index is 0.188. The first-order valence-electron chi connectivity index (χ1n) is 5.51. The maximum absolute atomic E-state index is 11.5. The van der Waals surface area contributed by atoms with Gasteiger partial charge < -0.3 is 21.0 Å². The highest BCUT2D eigenvalue weighted by molar-refractivity contribution is 5.82. The molecule has 2 amide bonds. The molecule has 7 nitrogen and oxygen atoms in total. The highest BCUT2D eigenvalue weighted by Gasteiger charge is 2.25. The van der Waals surface area contributed by atoms with Crippen LogP contribution in [0, 0.1) is 0 Å². The fourth-order valence-electron chi connectivity index (χ4n) is 1.93. The maximum Gasteiger partial charge on any atom is 0.344 e. The molecule has 1 aliphatic rings. The highest BCUT2D eigenvalue weighted by Crippen LogP contribution is 2.17. The monoisotopic (exact) mass is 240 g/mol. The molecule has 0 aromatic rings. The first kappa shape index (κ1) is 13.3. The number of carbonyl (C=O) groups excluding carboxylic acids is 1. The van der Waals surface area contributed by atoms with Crippen LogP contribution in [0.25, 0.3) is 0 Å². The van der Waals surface area contributed by atoms with Gasteiger partial charge >= 0.3 is 6.03 Å². The molecule has 0 spiro atoms. The number of likely N-dealkylation sites (tertiary alicyclic amines) is 1. The summed E-state index contributed by atoms with van der Waals surface area (Å²) in [5.74, 6) is 6.00. The first-order chi connectivity index (χ1) is 8.10. The topological polar surface area (TPSA) is 100.0 Å². The smallest absolute Gasteiger partial charge is 0.344 e. The van der Waals surface area contributed by atoms with E-state index in [2.05, 4.69) is 21.9 Å². The molecule has 0 atom stereocenters. The summed E-state index contributed by atoms with van der Waals surface area (Å²) >= 11 is 0. The summed E-state index contributed by atoms with van der Waals surface area (Å²) in [6, 6.07) is -0.116. The minimum Gasteiger partial charge on any atom is -0.390 e. The number of nitrogens with two attached hydrogens (primary N) is 2. The van der Waals surface area contributed by atoms with Crippen LogP contribution in [0.15, 0.2) is 17.4 Å². The van der Waals surface area contributed by atoms with Gasteiger partial charge in [-0.2, -0.15) is 4.99 Å². The number of hydrazine groups is 1. The number of hydrogen-bond acceptors (Lipinski definition) is 4. The largest absolute Gasteiger partial charge is 0.390 e. The average Bonchev–Trinajstić information content (AvgIpc) is 2.37. The Balaban J connectivity index is 2.46. The van der Waals surface area contributed by atoms with Gasteiger partial charge in [-0.3, -0.25) is 0 Å². The number of amides is 2. The zero-order chi connectivity index (χ0) is 12.8. The number of nitrogens with one attached hydrogen (secondary N) is 1. The van der Waals surface area contributed by atoms with Gasteiger partial charge in [-0.25, -0.2) is 10.6 Å². The van der Waals surface area contributed by atoms with Crippen LogP contribution in [0.5, 0.6) is 0 Å². The Labute approximate surface area is 101 Å². The van der Waals surface area contributed by atoms with Crippen molar-refractivity contribution >= 4 is 12.4 Å².